The van der Waals surface area contributed by atoms with E-state index >= 15 is 0 Å². The van der Waals surface area contributed by atoms with Gasteiger partial charge in [-0.05, 0) is 77.0 Å². The van der Waals surface area contributed by atoms with Crippen LogP contribution in [0.1, 0.15) is 406 Å². The van der Waals surface area contributed by atoms with Gasteiger partial charge in [-0.2, -0.15) is 0 Å². The largest absolute Gasteiger partial charge is 0.462 e. The predicted molar refractivity (Wildman–Crippen MR) is 362 cm³/mol. The van der Waals surface area contributed by atoms with Crippen LogP contribution in [0, 0.1) is 0 Å². The number of ether oxygens (including phenoxy) is 3. The zero-order valence-corrected chi connectivity index (χ0v) is 56.0. The fraction of sp³-hybridized carbons (Fsp3) is 0.857. The summed E-state index contributed by atoms with van der Waals surface area (Å²) >= 11 is 0. The third-order valence-corrected chi connectivity index (χ3v) is 16.8. The Hall–Kier alpha value is -2.63. The lowest BCUT2D eigenvalue weighted by Gasteiger charge is -2.18. The first-order valence-electron chi connectivity index (χ1n) is 37.1. The molecule has 0 spiro atoms. The van der Waals surface area contributed by atoms with Crippen LogP contribution in [-0.4, -0.2) is 37.2 Å². The molecule has 0 bridgehead atoms. The molecule has 486 valence electrons. The van der Waals surface area contributed by atoms with Crippen molar-refractivity contribution in [2.24, 2.45) is 0 Å². The zero-order chi connectivity index (χ0) is 59.9. The standard InChI is InChI=1S/C77H142O6/c1-4-7-10-13-16-19-22-25-28-29-30-31-32-33-34-35-36-37-38-39-40-41-42-43-44-45-46-47-50-52-55-58-61-64-67-70-76(79)82-73-74(83-77(80)71-68-65-62-59-56-53-49-27-24-21-18-15-12-9-6-3)72-81-75(78)69-66-63-60-57-54-51-48-26-23-20-17-14-11-8-5-2/h9,12,18,21,27,29-30,49,74H,4-8,10-11,13-17,19-20,22-26,28,31-48,50-73H2,1-3H3/b12-9-,21-18-,30-29-,49-27-. The Morgan fingerprint density at radius 2 is 0.470 bits per heavy atom. The molecule has 0 aliphatic heterocycles. The topological polar surface area (TPSA) is 78.9 Å². The molecule has 0 rings (SSSR count). The molecule has 0 heterocycles. The van der Waals surface area contributed by atoms with Crippen LogP contribution in [0.4, 0.5) is 0 Å². The predicted octanol–water partition coefficient (Wildman–Crippen LogP) is 25.7. The van der Waals surface area contributed by atoms with Crippen LogP contribution < -0.4 is 0 Å². The smallest absolute Gasteiger partial charge is 0.306 e. The number of carbonyl (C=O) groups is 3. The second-order valence-electron chi connectivity index (χ2n) is 25.2. The van der Waals surface area contributed by atoms with E-state index in [-0.39, 0.29) is 31.1 Å². The van der Waals surface area contributed by atoms with Crippen molar-refractivity contribution in [3.05, 3.63) is 48.6 Å². The van der Waals surface area contributed by atoms with Crippen molar-refractivity contribution in [1.82, 2.24) is 0 Å². The third-order valence-electron chi connectivity index (χ3n) is 16.8. The summed E-state index contributed by atoms with van der Waals surface area (Å²) < 4.78 is 17.0. The molecule has 1 unspecified atom stereocenters. The van der Waals surface area contributed by atoms with Gasteiger partial charge >= 0.3 is 17.9 Å². The Morgan fingerprint density at radius 1 is 0.253 bits per heavy atom. The SMILES string of the molecule is CC/C=C\C/C=C\C/C=C\CCCCCCCC(=O)OC(COC(=O)CCCCCCCCCCCCCCCCC)COC(=O)CCCCCCCCCCCCCCCCCCCCCCCCC/C=C\CCCCCCCCCC. The average molecular weight is 1160 g/mol. The second-order valence-corrected chi connectivity index (χ2v) is 25.2. The molecule has 0 amide bonds. The Bertz CT molecular complexity index is 1430. The first-order valence-corrected chi connectivity index (χ1v) is 37.1. The van der Waals surface area contributed by atoms with Crippen LogP contribution >= 0.6 is 0 Å². The van der Waals surface area contributed by atoms with Gasteiger partial charge in [-0.1, -0.05) is 358 Å². The van der Waals surface area contributed by atoms with Gasteiger partial charge in [0.05, 0.1) is 0 Å². The number of hydrogen-bond acceptors (Lipinski definition) is 6. The van der Waals surface area contributed by atoms with Gasteiger partial charge in [0.1, 0.15) is 13.2 Å². The molecule has 0 aromatic heterocycles. The van der Waals surface area contributed by atoms with Gasteiger partial charge in [0.2, 0.25) is 0 Å². The van der Waals surface area contributed by atoms with E-state index in [0.29, 0.717) is 19.3 Å². The summed E-state index contributed by atoms with van der Waals surface area (Å²) in [6, 6.07) is 0. The molecule has 0 aliphatic carbocycles. The molecular weight excluding hydrogens is 1020 g/mol. The Morgan fingerprint density at radius 3 is 0.747 bits per heavy atom. The zero-order valence-electron chi connectivity index (χ0n) is 56.0. The summed E-state index contributed by atoms with van der Waals surface area (Å²) in [5.41, 5.74) is 0. The normalized spacial score (nSPS) is 12.3. The summed E-state index contributed by atoms with van der Waals surface area (Å²) in [4.78, 5) is 38.4. The Kier molecular flexibility index (Phi) is 69.6. The molecule has 6 nitrogen and oxygen atoms in total. The van der Waals surface area contributed by atoms with Crippen LogP contribution in [0.5, 0.6) is 0 Å². The van der Waals surface area contributed by atoms with Crippen molar-refractivity contribution in [2.45, 2.75) is 412 Å². The van der Waals surface area contributed by atoms with E-state index in [1.165, 1.54) is 270 Å². The van der Waals surface area contributed by atoms with Crippen molar-refractivity contribution >= 4 is 17.9 Å². The quantitative estimate of drug-likeness (QED) is 0.0261. The third kappa shape index (κ3) is 70.0. The second kappa shape index (κ2) is 71.8. The van der Waals surface area contributed by atoms with Gasteiger partial charge in [0, 0.05) is 19.3 Å². The van der Waals surface area contributed by atoms with Crippen molar-refractivity contribution in [3.63, 3.8) is 0 Å². The van der Waals surface area contributed by atoms with Crippen molar-refractivity contribution < 1.29 is 28.6 Å². The summed E-state index contributed by atoms with van der Waals surface area (Å²) in [5, 5.41) is 0. The maximum atomic E-state index is 12.9. The van der Waals surface area contributed by atoms with Gasteiger partial charge in [0.15, 0.2) is 6.10 Å². The summed E-state index contributed by atoms with van der Waals surface area (Å²) in [6.07, 6.45) is 91.7. The molecule has 0 saturated heterocycles. The van der Waals surface area contributed by atoms with Gasteiger partial charge in [0.25, 0.3) is 0 Å². The first kappa shape index (κ1) is 80.4. The van der Waals surface area contributed by atoms with Crippen LogP contribution in [0.3, 0.4) is 0 Å². The monoisotopic (exact) mass is 1160 g/mol. The van der Waals surface area contributed by atoms with E-state index < -0.39 is 6.10 Å². The minimum atomic E-state index is -0.780. The number of hydrogen-bond donors (Lipinski definition) is 0. The summed E-state index contributed by atoms with van der Waals surface area (Å²) in [7, 11) is 0. The molecule has 0 N–H and O–H groups in total. The number of rotatable bonds is 69. The van der Waals surface area contributed by atoms with E-state index in [2.05, 4.69) is 69.4 Å². The maximum absolute atomic E-state index is 12.9. The lowest BCUT2D eigenvalue weighted by Crippen LogP contribution is -2.30. The average Bonchev–Trinajstić information content (AvgIpc) is 3.50. The van der Waals surface area contributed by atoms with Crippen LogP contribution in [-0.2, 0) is 28.6 Å². The first-order chi connectivity index (χ1) is 41.0. The van der Waals surface area contributed by atoms with Crippen LogP contribution in [0.15, 0.2) is 48.6 Å². The highest BCUT2D eigenvalue weighted by Gasteiger charge is 2.19. The van der Waals surface area contributed by atoms with Crippen LogP contribution in [0.25, 0.3) is 0 Å². The number of allylic oxidation sites excluding steroid dienone is 8. The lowest BCUT2D eigenvalue weighted by atomic mass is 10.0. The van der Waals surface area contributed by atoms with E-state index in [0.717, 1.165) is 96.3 Å². The van der Waals surface area contributed by atoms with Gasteiger partial charge < -0.3 is 14.2 Å². The maximum Gasteiger partial charge on any atom is 0.306 e. The summed E-state index contributed by atoms with van der Waals surface area (Å²) in [6.45, 7) is 6.58. The number of carbonyl (C=O) groups excluding carboxylic acids is 3. The number of unbranched alkanes of at least 4 members (excludes halogenated alkanes) is 50. The van der Waals surface area contributed by atoms with Crippen LogP contribution in [0.2, 0.25) is 0 Å². The molecule has 0 aromatic carbocycles. The van der Waals surface area contributed by atoms with Crippen molar-refractivity contribution in [3.8, 4) is 0 Å². The highest BCUT2D eigenvalue weighted by molar-refractivity contribution is 5.71. The van der Waals surface area contributed by atoms with E-state index in [1.807, 2.05) is 0 Å². The number of esters is 3. The van der Waals surface area contributed by atoms with E-state index in [4.69, 9.17) is 14.2 Å². The fourth-order valence-electron chi connectivity index (χ4n) is 11.3. The van der Waals surface area contributed by atoms with E-state index in [9.17, 15) is 14.4 Å². The molecule has 6 heteroatoms. The summed E-state index contributed by atoms with van der Waals surface area (Å²) in [5.74, 6) is -0.865. The Labute approximate surface area is 518 Å². The molecule has 0 fully saturated rings. The van der Waals surface area contributed by atoms with Gasteiger partial charge in [-0.15, -0.1) is 0 Å². The van der Waals surface area contributed by atoms with Gasteiger partial charge in [-0.25, -0.2) is 0 Å². The minimum Gasteiger partial charge on any atom is -0.462 e. The minimum absolute atomic E-state index is 0.0748. The molecule has 0 aromatic rings. The van der Waals surface area contributed by atoms with Crippen molar-refractivity contribution in [1.29, 1.82) is 0 Å². The molecular formula is C77H142O6. The molecule has 83 heavy (non-hydrogen) atoms. The molecule has 0 radical (unpaired) electrons. The highest BCUT2D eigenvalue weighted by atomic mass is 16.6. The molecule has 1 atom stereocenters. The fourth-order valence-corrected chi connectivity index (χ4v) is 11.3. The Balaban J connectivity index is 4.08. The van der Waals surface area contributed by atoms with Gasteiger partial charge in [-0.3, -0.25) is 14.4 Å². The van der Waals surface area contributed by atoms with E-state index in [1.54, 1.807) is 0 Å². The lowest BCUT2D eigenvalue weighted by molar-refractivity contribution is -0.167. The molecule has 0 saturated carbocycles. The highest BCUT2D eigenvalue weighted by Crippen LogP contribution is 2.19. The molecule has 0 aliphatic rings. The van der Waals surface area contributed by atoms with Crippen molar-refractivity contribution in [2.75, 3.05) is 13.2 Å².